The van der Waals surface area contributed by atoms with Gasteiger partial charge in [-0.2, -0.15) is 0 Å². The maximum atomic E-state index is 13.8. The average molecular weight is 412 g/mol. The number of likely N-dealkylation sites (tertiary alicyclic amines) is 1. The fourth-order valence-electron chi connectivity index (χ4n) is 6.62. The normalized spacial score (nSPS) is 33.1. The van der Waals surface area contributed by atoms with Crippen LogP contribution in [0.1, 0.15) is 43.7 Å². The van der Waals surface area contributed by atoms with Crippen molar-refractivity contribution in [3.8, 4) is 0 Å². The number of fused-ring (bicyclic) bond motifs is 2. The summed E-state index contributed by atoms with van der Waals surface area (Å²) in [5, 5.41) is 3.53. The summed E-state index contributed by atoms with van der Waals surface area (Å²) >= 11 is 0. The van der Waals surface area contributed by atoms with Gasteiger partial charge in [-0.1, -0.05) is 31.2 Å². The third-order valence-electron chi connectivity index (χ3n) is 8.41. The van der Waals surface area contributed by atoms with Crippen LogP contribution in [0.4, 0.5) is 0 Å². The lowest BCUT2D eigenvalue weighted by atomic mass is 9.60. The molecule has 1 N–H and O–H groups in total. The minimum Gasteiger partial charge on any atom is -0.379 e. The Labute approximate surface area is 181 Å². The van der Waals surface area contributed by atoms with Crippen molar-refractivity contribution in [2.24, 2.45) is 11.3 Å². The van der Waals surface area contributed by atoms with Gasteiger partial charge >= 0.3 is 0 Å². The van der Waals surface area contributed by atoms with Crippen molar-refractivity contribution >= 4 is 5.91 Å². The molecule has 1 aromatic rings. The van der Waals surface area contributed by atoms with Gasteiger partial charge < -0.3 is 15.0 Å². The number of nitrogens with zero attached hydrogens (tertiary/aromatic N) is 2. The van der Waals surface area contributed by atoms with Crippen molar-refractivity contribution in [2.45, 2.75) is 57.5 Å². The lowest BCUT2D eigenvalue weighted by Gasteiger charge is -2.53. The van der Waals surface area contributed by atoms with Gasteiger partial charge in [0.2, 0.25) is 5.91 Å². The molecule has 0 bridgehead atoms. The first-order valence-corrected chi connectivity index (χ1v) is 12.1. The monoisotopic (exact) mass is 411 g/mol. The number of nitrogens with one attached hydrogen (secondary N) is 1. The average Bonchev–Trinajstić information content (AvgIpc) is 3.21. The molecule has 0 spiro atoms. The Morgan fingerprint density at radius 1 is 1.13 bits per heavy atom. The fraction of sp³-hybridized carbons (Fsp3) is 0.720. The molecule has 1 saturated carbocycles. The number of carbonyl (C=O) groups is 1. The van der Waals surface area contributed by atoms with Gasteiger partial charge in [0.25, 0.3) is 0 Å². The van der Waals surface area contributed by atoms with E-state index in [2.05, 4.69) is 46.3 Å². The topological polar surface area (TPSA) is 44.8 Å². The zero-order valence-corrected chi connectivity index (χ0v) is 18.4. The molecule has 0 radical (unpaired) electrons. The summed E-state index contributed by atoms with van der Waals surface area (Å²) in [5.74, 6) is 0.842. The number of rotatable bonds is 4. The SMILES string of the molecule is CCN1CC[C@@H]2C[C@@H](N3CCOCC3)CC[C@@]2(C(=O)NC2Cc3ccccc3C2)C1. The molecule has 5 nitrogen and oxygen atoms in total. The Hall–Kier alpha value is -1.43. The van der Waals surface area contributed by atoms with Gasteiger partial charge in [-0.3, -0.25) is 9.69 Å². The minimum atomic E-state index is -0.203. The number of morpholine rings is 1. The predicted octanol–water partition coefficient (Wildman–Crippen LogP) is 2.48. The number of ether oxygens (including phenoxy) is 1. The Morgan fingerprint density at radius 2 is 1.87 bits per heavy atom. The van der Waals surface area contributed by atoms with E-state index in [4.69, 9.17) is 4.74 Å². The molecule has 3 fully saturated rings. The van der Waals surface area contributed by atoms with Crippen molar-refractivity contribution in [2.75, 3.05) is 45.9 Å². The van der Waals surface area contributed by atoms with Crippen molar-refractivity contribution in [1.29, 1.82) is 0 Å². The molecule has 2 aliphatic heterocycles. The molecule has 0 aromatic heterocycles. The van der Waals surface area contributed by atoms with Crippen LogP contribution in [0, 0.1) is 11.3 Å². The Balaban J connectivity index is 1.30. The van der Waals surface area contributed by atoms with Crippen LogP contribution in [-0.2, 0) is 22.4 Å². The maximum absolute atomic E-state index is 13.8. The third kappa shape index (κ3) is 3.80. The second-order valence-electron chi connectivity index (χ2n) is 9.93. The van der Waals surface area contributed by atoms with E-state index in [1.807, 2.05) is 0 Å². The second kappa shape index (κ2) is 8.60. The van der Waals surface area contributed by atoms with Gasteiger partial charge in [0.05, 0.1) is 18.6 Å². The molecular weight excluding hydrogens is 374 g/mol. The van der Waals surface area contributed by atoms with Crippen LogP contribution in [-0.4, -0.2) is 73.7 Å². The summed E-state index contributed by atoms with van der Waals surface area (Å²) in [7, 11) is 0. The van der Waals surface area contributed by atoms with Crippen LogP contribution in [0.2, 0.25) is 0 Å². The van der Waals surface area contributed by atoms with Crippen molar-refractivity contribution < 1.29 is 9.53 Å². The van der Waals surface area contributed by atoms with Crippen LogP contribution >= 0.6 is 0 Å². The molecule has 3 atom stereocenters. The van der Waals surface area contributed by atoms with E-state index >= 15 is 0 Å². The summed E-state index contributed by atoms with van der Waals surface area (Å²) in [6, 6.07) is 9.56. The summed E-state index contributed by atoms with van der Waals surface area (Å²) in [6.07, 6.45) is 6.48. The van der Waals surface area contributed by atoms with Gasteiger partial charge in [-0.15, -0.1) is 0 Å². The molecule has 164 valence electrons. The van der Waals surface area contributed by atoms with Crippen LogP contribution in [0.25, 0.3) is 0 Å². The standard InChI is InChI=1S/C25H37N3O2/c1-2-27-10-8-21-17-23(28-11-13-30-14-12-28)7-9-25(21,18-27)24(29)26-22-15-19-5-3-4-6-20(19)16-22/h3-6,21-23H,2,7-18H2,1H3,(H,26,29)/t21-,23+,25-/m1/s1. The highest BCUT2D eigenvalue weighted by molar-refractivity contribution is 5.84. The lowest BCUT2D eigenvalue weighted by Crippen LogP contribution is -2.61. The molecule has 1 amide bonds. The molecule has 2 heterocycles. The van der Waals surface area contributed by atoms with E-state index in [0.717, 1.165) is 78.0 Å². The highest BCUT2D eigenvalue weighted by atomic mass is 16.5. The van der Waals surface area contributed by atoms with Crippen molar-refractivity contribution in [1.82, 2.24) is 15.1 Å². The first kappa shape index (κ1) is 20.5. The van der Waals surface area contributed by atoms with E-state index in [-0.39, 0.29) is 11.5 Å². The van der Waals surface area contributed by atoms with E-state index < -0.39 is 0 Å². The minimum absolute atomic E-state index is 0.203. The Bertz CT molecular complexity index is 738. The molecule has 4 aliphatic rings. The Kier molecular flexibility index (Phi) is 5.87. The molecule has 1 aromatic carbocycles. The number of carbonyl (C=O) groups excluding carboxylic acids is 1. The zero-order chi connectivity index (χ0) is 20.6. The Morgan fingerprint density at radius 3 is 2.57 bits per heavy atom. The number of hydrogen-bond acceptors (Lipinski definition) is 4. The number of hydrogen-bond donors (Lipinski definition) is 1. The molecule has 5 heteroatoms. The van der Waals surface area contributed by atoms with Gasteiger partial charge in [-0.05, 0) is 68.7 Å². The van der Waals surface area contributed by atoms with Crippen molar-refractivity contribution in [3.05, 3.63) is 35.4 Å². The van der Waals surface area contributed by atoms with Gasteiger partial charge in [0.15, 0.2) is 0 Å². The molecular formula is C25H37N3O2. The molecule has 2 saturated heterocycles. The molecule has 0 unspecified atom stereocenters. The predicted molar refractivity (Wildman–Crippen MR) is 118 cm³/mol. The summed E-state index contributed by atoms with van der Waals surface area (Å²) in [4.78, 5) is 19.0. The summed E-state index contributed by atoms with van der Waals surface area (Å²) in [5.41, 5.74) is 2.62. The van der Waals surface area contributed by atoms with E-state index in [1.165, 1.54) is 17.5 Å². The largest absolute Gasteiger partial charge is 0.379 e. The van der Waals surface area contributed by atoms with Crippen LogP contribution < -0.4 is 5.32 Å². The quantitative estimate of drug-likeness (QED) is 0.827. The molecule has 30 heavy (non-hydrogen) atoms. The highest BCUT2D eigenvalue weighted by Gasteiger charge is 2.52. The van der Waals surface area contributed by atoms with Crippen LogP contribution in [0.15, 0.2) is 24.3 Å². The van der Waals surface area contributed by atoms with Crippen LogP contribution in [0.3, 0.4) is 0 Å². The highest BCUT2D eigenvalue weighted by Crippen LogP contribution is 2.48. The maximum Gasteiger partial charge on any atom is 0.228 e. The van der Waals surface area contributed by atoms with E-state index in [9.17, 15) is 4.79 Å². The molecule has 5 rings (SSSR count). The number of piperidine rings is 1. The first-order valence-electron chi connectivity index (χ1n) is 12.1. The number of benzene rings is 1. The summed E-state index contributed by atoms with van der Waals surface area (Å²) < 4.78 is 5.57. The van der Waals surface area contributed by atoms with Crippen molar-refractivity contribution in [3.63, 3.8) is 0 Å². The number of amides is 1. The zero-order valence-electron chi connectivity index (χ0n) is 18.4. The van der Waals surface area contributed by atoms with E-state index in [0.29, 0.717) is 17.9 Å². The first-order chi connectivity index (χ1) is 14.7. The van der Waals surface area contributed by atoms with Crippen LogP contribution in [0.5, 0.6) is 0 Å². The lowest BCUT2D eigenvalue weighted by molar-refractivity contribution is -0.145. The van der Waals surface area contributed by atoms with E-state index in [1.54, 1.807) is 0 Å². The third-order valence-corrected chi connectivity index (χ3v) is 8.41. The smallest absolute Gasteiger partial charge is 0.228 e. The molecule has 2 aliphatic carbocycles. The second-order valence-corrected chi connectivity index (χ2v) is 9.93. The van der Waals surface area contributed by atoms with Gasteiger partial charge in [0.1, 0.15) is 0 Å². The van der Waals surface area contributed by atoms with Gasteiger partial charge in [0, 0.05) is 31.7 Å². The fourth-order valence-corrected chi connectivity index (χ4v) is 6.62. The summed E-state index contributed by atoms with van der Waals surface area (Å²) in [6.45, 7) is 9.19. The van der Waals surface area contributed by atoms with Gasteiger partial charge in [-0.25, -0.2) is 0 Å².